The van der Waals surface area contributed by atoms with E-state index in [1.807, 2.05) is 42.3 Å². The summed E-state index contributed by atoms with van der Waals surface area (Å²) in [6, 6.07) is 9.88. The second-order valence-corrected chi connectivity index (χ2v) is 6.64. The van der Waals surface area contributed by atoms with Gasteiger partial charge in [0.05, 0.1) is 18.2 Å². The average Bonchev–Trinajstić information content (AvgIpc) is 2.95. The fraction of sp³-hybridized carbons (Fsp3) is 0.474. The summed E-state index contributed by atoms with van der Waals surface area (Å²) >= 11 is 0. The van der Waals surface area contributed by atoms with Crippen molar-refractivity contribution in [1.29, 1.82) is 0 Å². The quantitative estimate of drug-likeness (QED) is 0.841. The molecular weight excluding hydrogens is 318 g/mol. The number of para-hydroxylation sites is 1. The average molecular weight is 341 g/mol. The van der Waals surface area contributed by atoms with Gasteiger partial charge in [-0.05, 0) is 25.0 Å². The van der Waals surface area contributed by atoms with E-state index in [4.69, 9.17) is 9.47 Å². The van der Waals surface area contributed by atoms with Crippen molar-refractivity contribution in [2.24, 2.45) is 13.0 Å². The number of carbonyl (C=O) groups excluding carboxylic acids is 1. The molecule has 3 heterocycles. The van der Waals surface area contributed by atoms with Crippen molar-refractivity contribution in [3.8, 4) is 5.75 Å². The summed E-state index contributed by atoms with van der Waals surface area (Å²) in [5.41, 5.74) is 2.02. The van der Waals surface area contributed by atoms with Crippen LogP contribution in [0, 0.1) is 5.92 Å². The molecule has 2 aliphatic heterocycles. The van der Waals surface area contributed by atoms with Crippen molar-refractivity contribution < 1.29 is 14.3 Å². The summed E-state index contributed by atoms with van der Waals surface area (Å²) in [4.78, 5) is 15.2. The Labute approximate surface area is 147 Å². The first-order valence-electron chi connectivity index (χ1n) is 8.83. The SMILES string of the molecule is Cn1nccc1[C@@H]1OCCC[C@H]1C(=O)N1CCOc2ccccc2C1. The summed E-state index contributed by atoms with van der Waals surface area (Å²) in [7, 11) is 1.89. The normalized spacial score (nSPS) is 23.5. The number of fused-ring (bicyclic) bond motifs is 1. The third-order valence-electron chi connectivity index (χ3n) is 5.05. The molecule has 0 spiro atoms. The number of aryl methyl sites for hydroxylation is 1. The zero-order valence-corrected chi connectivity index (χ0v) is 14.4. The van der Waals surface area contributed by atoms with Crippen LogP contribution >= 0.6 is 0 Å². The monoisotopic (exact) mass is 341 g/mol. The van der Waals surface area contributed by atoms with Crippen LogP contribution in [0.2, 0.25) is 0 Å². The maximum Gasteiger partial charge on any atom is 0.229 e. The molecule has 2 aromatic rings. The minimum Gasteiger partial charge on any atom is -0.491 e. The third kappa shape index (κ3) is 3.14. The second-order valence-electron chi connectivity index (χ2n) is 6.64. The van der Waals surface area contributed by atoms with E-state index in [0.717, 1.165) is 29.8 Å². The summed E-state index contributed by atoms with van der Waals surface area (Å²) in [6.45, 7) is 2.39. The molecular formula is C19H23N3O3. The van der Waals surface area contributed by atoms with Gasteiger partial charge in [0.1, 0.15) is 18.5 Å². The van der Waals surface area contributed by atoms with Crippen molar-refractivity contribution in [2.75, 3.05) is 19.8 Å². The van der Waals surface area contributed by atoms with Gasteiger partial charge in [-0.15, -0.1) is 0 Å². The molecule has 1 fully saturated rings. The van der Waals surface area contributed by atoms with Gasteiger partial charge in [-0.1, -0.05) is 18.2 Å². The number of nitrogens with zero attached hydrogens (tertiary/aromatic N) is 3. The number of amides is 1. The first kappa shape index (κ1) is 16.1. The predicted molar refractivity (Wildman–Crippen MR) is 92.0 cm³/mol. The van der Waals surface area contributed by atoms with Crippen molar-refractivity contribution >= 4 is 5.91 Å². The molecule has 1 aromatic heterocycles. The van der Waals surface area contributed by atoms with Gasteiger partial charge < -0.3 is 14.4 Å². The lowest BCUT2D eigenvalue weighted by molar-refractivity contribution is -0.146. The molecule has 1 saturated heterocycles. The Morgan fingerprint density at radius 2 is 2.12 bits per heavy atom. The van der Waals surface area contributed by atoms with Crippen molar-refractivity contribution in [3.05, 3.63) is 47.8 Å². The molecule has 2 aliphatic rings. The Kier molecular flexibility index (Phi) is 4.44. The molecule has 0 aliphatic carbocycles. The van der Waals surface area contributed by atoms with Crippen molar-refractivity contribution in [2.45, 2.75) is 25.5 Å². The molecule has 6 heteroatoms. The third-order valence-corrected chi connectivity index (χ3v) is 5.05. The van der Waals surface area contributed by atoms with Gasteiger partial charge in [-0.25, -0.2) is 0 Å². The van der Waals surface area contributed by atoms with Crippen molar-refractivity contribution in [3.63, 3.8) is 0 Å². The van der Waals surface area contributed by atoms with Gasteiger partial charge in [0.2, 0.25) is 5.91 Å². The van der Waals surface area contributed by atoms with Gasteiger partial charge in [-0.2, -0.15) is 5.10 Å². The van der Waals surface area contributed by atoms with Gasteiger partial charge in [0.25, 0.3) is 0 Å². The standard InChI is InChI=1S/C19H23N3O3/c1-21-16(8-9-20-21)18-15(6-4-11-25-18)19(23)22-10-12-24-17-7-3-2-5-14(17)13-22/h2-3,5,7-9,15,18H,4,6,10-13H2,1H3/t15-,18-/m1/s1. The highest BCUT2D eigenvalue weighted by Crippen LogP contribution is 2.35. The lowest BCUT2D eigenvalue weighted by Gasteiger charge is -2.34. The highest BCUT2D eigenvalue weighted by molar-refractivity contribution is 5.80. The molecule has 1 amide bonds. The Balaban J connectivity index is 1.57. The molecule has 0 unspecified atom stereocenters. The summed E-state index contributed by atoms with van der Waals surface area (Å²) in [5, 5.41) is 4.23. The number of benzene rings is 1. The van der Waals surface area contributed by atoms with Crippen LogP contribution in [0.3, 0.4) is 0 Å². The van der Waals surface area contributed by atoms with Crippen LogP contribution < -0.4 is 4.74 Å². The lowest BCUT2D eigenvalue weighted by Crippen LogP contribution is -2.41. The molecule has 0 saturated carbocycles. The fourth-order valence-corrected chi connectivity index (χ4v) is 3.74. The van der Waals surface area contributed by atoms with E-state index in [2.05, 4.69) is 5.10 Å². The van der Waals surface area contributed by atoms with E-state index < -0.39 is 0 Å². The molecule has 4 rings (SSSR count). The highest BCUT2D eigenvalue weighted by Gasteiger charge is 2.37. The highest BCUT2D eigenvalue weighted by atomic mass is 16.5. The van der Waals surface area contributed by atoms with Crippen LogP contribution in [0.4, 0.5) is 0 Å². The van der Waals surface area contributed by atoms with Gasteiger partial charge in [0, 0.05) is 32.0 Å². The fourth-order valence-electron chi connectivity index (χ4n) is 3.74. The van der Waals surface area contributed by atoms with E-state index in [1.54, 1.807) is 10.9 Å². The summed E-state index contributed by atoms with van der Waals surface area (Å²) in [6.07, 6.45) is 3.28. The topological polar surface area (TPSA) is 56.6 Å². The smallest absolute Gasteiger partial charge is 0.229 e. The van der Waals surface area contributed by atoms with Crippen LogP contribution in [0.1, 0.15) is 30.2 Å². The van der Waals surface area contributed by atoms with E-state index in [0.29, 0.717) is 26.3 Å². The molecule has 0 radical (unpaired) electrons. The van der Waals surface area contributed by atoms with Crippen LogP contribution in [0.25, 0.3) is 0 Å². The Bertz CT molecular complexity index is 758. The minimum absolute atomic E-state index is 0.145. The Morgan fingerprint density at radius 1 is 1.24 bits per heavy atom. The second kappa shape index (κ2) is 6.88. The Morgan fingerprint density at radius 3 is 2.96 bits per heavy atom. The summed E-state index contributed by atoms with van der Waals surface area (Å²) in [5.74, 6) is 0.849. The van der Waals surface area contributed by atoms with Gasteiger partial charge in [0.15, 0.2) is 0 Å². The molecule has 1 aromatic carbocycles. The van der Waals surface area contributed by atoms with E-state index in [9.17, 15) is 4.79 Å². The van der Waals surface area contributed by atoms with Crippen molar-refractivity contribution in [1.82, 2.24) is 14.7 Å². The maximum atomic E-state index is 13.3. The van der Waals surface area contributed by atoms with Crippen LogP contribution in [0.5, 0.6) is 5.75 Å². The molecule has 25 heavy (non-hydrogen) atoms. The predicted octanol–water partition coefficient (Wildman–Crippen LogP) is 2.31. The van der Waals surface area contributed by atoms with Crippen LogP contribution in [-0.4, -0.2) is 40.3 Å². The summed E-state index contributed by atoms with van der Waals surface area (Å²) < 4.78 is 13.6. The number of aromatic nitrogens is 2. The maximum absolute atomic E-state index is 13.3. The first-order chi connectivity index (χ1) is 12.2. The first-order valence-corrected chi connectivity index (χ1v) is 8.83. The number of carbonyl (C=O) groups is 1. The number of hydrogen-bond acceptors (Lipinski definition) is 4. The van der Waals surface area contributed by atoms with Crippen LogP contribution in [0.15, 0.2) is 36.5 Å². The number of hydrogen-bond donors (Lipinski definition) is 0. The molecule has 6 nitrogen and oxygen atoms in total. The number of rotatable bonds is 2. The van der Waals surface area contributed by atoms with Crippen LogP contribution in [-0.2, 0) is 23.1 Å². The molecule has 0 N–H and O–H groups in total. The van der Waals surface area contributed by atoms with E-state index in [-0.39, 0.29) is 17.9 Å². The Hall–Kier alpha value is -2.34. The molecule has 0 bridgehead atoms. The van der Waals surface area contributed by atoms with Gasteiger partial charge >= 0.3 is 0 Å². The molecule has 132 valence electrons. The van der Waals surface area contributed by atoms with E-state index in [1.165, 1.54) is 0 Å². The largest absolute Gasteiger partial charge is 0.491 e. The van der Waals surface area contributed by atoms with E-state index >= 15 is 0 Å². The zero-order valence-electron chi connectivity index (χ0n) is 14.4. The molecule has 2 atom stereocenters. The van der Waals surface area contributed by atoms with Gasteiger partial charge in [-0.3, -0.25) is 9.48 Å². The number of ether oxygens (including phenoxy) is 2. The zero-order chi connectivity index (χ0) is 17.2. The minimum atomic E-state index is -0.229. The lowest BCUT2D eigenvalue weighted by atomic mass is 9.90.